The minimum atomic E-state index is -0.454. The number of anilines is 1. The summed E-state index contributed by atoms with van der Waals surface area (Å²) >= 11 is 0. The second-order valence-corrected chi connectivity index (χ2v) is 4.87. The lowest BCUT2D eigenvalue weighted by Gasteiger charge is -2.04. The third-order valence-electron chi connectivity index (χ3n) is 3.21. The Bertz CT molecular complexity index is 813. The Morgan fingerprint density at radius 3 is 2.96 bits per heavy atom. The summed E-state index contributed by atoms with van der Waals surface area (Å²) in [6.45, 7) is 0.448. The van der Waals surface area contributed by atoms with Crippen LogP contribution >= 0.6 is 0 Å². The molecule has 0 unspecified atom stereocenters. The molecule has 118 valence electrons. The zero-order chi connectivity index (χ0) is 16.2. The van der Waals surface area contributed by atoms with Crippen molar-refractivity contribution in [1.82, 2.24) is 20.3 Å². The van der Waals surface area contributed by atoms with Crippen molar-refractivity contribution in [3.63, 3.8) is 0 Å². The van der Waals surface area contributed by atoms with Gasteiger partial charge in [-0.2, -0.15) is 0 Å². The van der Waals surface area contributed by atoms with Crippen LogP contribution in [0.5, 0.6) is 0 Å². The maximum Gasteiger partial charge on any atom is 0.276 e. The summed E-state index contributed by atoms with van der Waals surface area (Å²) in [6, 6.07) is 9.52. The van der Waals surface area contributed by atoms with E-state index < -0.39 is 5.91 Å². The van der Waals surface area contributed by atoms with Gasteiger partial charge in [0.1, 0.15) is 11.6 Å². The van der Waals surface area contributed by atoms with Gasteiger partial charge in [0.2, 0.25) is 0 Å². The quantitative estimate of drug-likeness (QED) is 0.744. The molecule has 8 heteroatoms. The van der Waals surface area contributed by atoms with E-state index in [0.29, 0.717) is 11.3 Å². The number of carbonyl (C=O) groups is 1. The highest BCUT2D eigenvalue weighted by atomic mass is 19.1. The van der Waals surface area contributed by atoms with Crippen molar-refractivity contribution >= 4 is 11.7 Å². The Morgan fingerprint density at radius 2 is 2.22 bits per heavy atom. The lowest BCUT2D eigenvalue weighted by Crippen LogP contribution is -2.24. The maximum absolute atomic E-state index is 13.2. The van der Waals surface area contributed by atoms with Crippen LogP contribution in [0.2, 0.25) is 0 Å². The van der Waals surface area contributed by atoms with E-state index >= 15 is 0 Å². The molecule has 0 saturated carbocycles. The van der Waals surface area contributed by atoms with Gasteiger partial charge in [0, 0.05) is 0 Å². The van der Waals surface area contributed by atoms with E-state index in [1.807, 2.05) is 0 Å². The van der Waals surface area contributed by atoms with Gasteiger partial charge in [-0.05, 0) is 29.8 Å². The SMILES string of the molecule is Nc1c(C(=O)NCc2ccco2)nnn1Cc1cccc(F)c1. The first kappa shape index (κ1) is 14.8. The van der Waals surface area contributed by atoms with Crippen LogP contribution in [0.1, 0.15) is 21.8 Å². The monoisotopic (exact) mass is 315 g/mol. The molecule has 2 heterocycles. The Morgan fingerprint density at radius 1 is 1.35 bits per heavy atom. The summed E-state index contributed by atoms with van der Waals surface area (Å²) in [6.07, 6.45) is 1.52. The number of halogens is 1. The molecule has 3 aromatic rings. The normalized spacial score (nSPS) is 10.7. The number of rotatable bonds is 5. The number of nitrogens with two attached hydrogens (primary N) is 1. The first-order valence-electron chi connectivity index (χ1n) is 6.87. The molecule has 0 bridgehead atoms. The summed E-state index contributed by atoms with van der Waals surface area (Å²) < 4.78 is 19.7. The zero-order valence-electron chi connectivity index (χ0n) is 12.1. The molecule has 1 amide bonds. The predicted molar refractivity (Wildman–Crippen MR) is 79.8 cm³/mol. The maximum atomic E-state index is 13.2. The molecular weight excluding hydrogens is 301 g/mol. The van der Waals surface area contributed by atoms with Crippen molar-refractivity contribution in [2.75, 3.05) is 5.73 Å². The van der Waals surface area contributed by atoms with Crippen LogP contribution in [0.4, 0.5) is 10.2 Å². The fourth-order valence-corrected chi connectivity index (χ4v) is 2.07. The predicted octanol–water partition coefficient (Wildman–Crippen LogP) is 1.57. The highest BCUT2D eigenvalue weighted by Gasteiger charge is 2.17. The Hall–Kier alpha value is -3.16. The minimum absolute atomic E-state index is 0.0213. The molecule has 7 nitrogen and oxygen atoms in total. The van der Waals surface area contributed by atoms with Crippen molar-refractivity contribution in [2.24, 2.45) is 0 Å². The molecule has 1 aromatic carbocycles. The number of amides is 1. The average Bonchev–Trinajstić information content (AvgIpc) is 3.16. The van der Waals surface area contributed by atoms with E-state index in [4.69, 9.17) is 10.2 Å². The lowest BCUT2D eigenvalue weighted by molar-refractivity contribution is 0.0944. The fraction of sp³-hybridized carbons (Fsp3) is 0.133. The van der Waals surface area contributed by atoms with E-state index in [1.165, 1.54) is 23.1 Å². The van der Waals surface area contributed by atoms with E-state index in [1.54, 1.807) is 24.3 Å². The van der Waals surface area contributed by atoms with Crippen LogP contribution in [-0.2, 0) is 13.1 Å². The molecule has 0 saturated heterocycles. The van der Waals surface area contributed by atoms with Crippen molar-refractivity contribution in [3.05, 3.63) is 65.5 Å². The third-order valence-corrected chi connectivity index (χ3v) is 3.21. The molecule has 0 aliphatic rings. The minimum Gasteiger partial charge on any atom is -0.467 e. The number of furan rings is 1. The van der Waals surface area contributed by atoms with Gasteiger partial charge < -0.3 is 15.5 Å². The van der Waals surface area contributed by atoms with E-state index in [2.05, 4.69) is 15.6 Å². The van der Waals surface area contributed by atoms with Crippen LogP contribution in [0.15, 0.2) is 47.1 Å². The number of benzene rings is 1. The van der Waals surface area contributed by atoms with E-state index in [9.17, 15) is 9.18 Å². The Balaban J connectivity index is 1.69. The van der Waals surface area contributed by atoms with Gasteiger partial charge in [-0.25, -0.2) is 9.07 Å². The molecule has 0 aliphatic carbocycles. The molecule has 0 fully saturated rings. The first-order valence-corrected chi connectivity index (χ1v) is 6.87. The van der Waals surface area contributed by atoms with Gasteiger partial charge in [0.15, 0.2) is 11.5 Å². The van der Waals surface area contributed by atoms with Crippen LogP contribution in [-0.4, -0.2) is 20.9 Å². The van der Waals surface area contributed by atoms with Crippen LogP contribution in [0, 0.1) is 5.82 Å². The van der Waals surface area contributed by atoms with Crippen molar-refractivity contribution in [3.8, 4) is 0 Å². The highest BCUT2D eigenvalue weighted by Crippen LogP contribution is 2.12. The first-order chi connectivity index (χ1) is 11.1. The van der Waals surface area contributed by atoms with Crippen LogP contribution in [0.25, 0.3) is 0 Å². The standard InChI is InChI=1S/C15H14FN5O2/c16-11-4-1-3-10(7-11)9-21-14(17)13(19-20-21)15(22)18-8-12-5-2-6-23-12/h1-7H,8-9,17H2,(H,18,22). The molecule has 0 atom stereocenters. The van der Waals surface area contributed by atoms with Crippen LogP contribution in [0.3, 0.4) is 0 Å². The molecular formula is C15H14FN5O2. The smallest absolute Gasteiger partial charge is 0.276 e. The van der Waals surface area contributed by atoms with E-state index in [-0.39, 0.29) is 30.4 Å². The fourth-order valence-electron chi connectivity index (χ4n) is 2.07. The van der Waals surface area contributed by atoms with E-state index in [0.717, 1.165) is 0 Å². The average molecular weight is 315 g/mol. The molecule has 3 rings (SSSR count). The summed E-state index contributed by atoms with van der Waals surface area (Å²) in [5.74, 6) is -0.0720. The number of nitrogens with zero attached hydrogens (tertiary/aromatic N) is 3. The van der Waals surface area contributed by atoms with Crippen molar-refractivity contribution < 1.29 is 13.6 Å². The van der Waals surface area contributed by atoms with Crippen molar-refractivity contribution in [2.45, 2.75) is 13.1 Å². The van der Waals surface area contributed by atoms with Gasteiger partial charge in [0.05, 0.1) is 19.4 Å². The Labute approximate surface area is 130 Å². The summed E-state index contributed by atoms with van der Waals surface area (Å²) in [4.78, 5) is 12.1. The topological polar surface area (TPSA) is 99.0 Å². The lowest BCUT2D eigenvalue weighted by atomic mass is 10.2. The van der Waals surface area contributed by atoms with Gasteiger partial charge in [-0.1, -0.05) is 17.3 Å². The summed E-state index contributed by atoms with van der Waals surface area (Å²) in [5.41, 5.74) is 6.59. The molecule has 0 aliphatic heterocycles. The summed E-state index contributed by atoms with van der Waals surface area (Å²) in [7, 11) is 0. The number of hydrogen-bond acceptors (Lipinski definition) is 5. The van der Waals surface area contributed by atoms with Gasteiger partial charge >= 0.3 is 0 Å². The number of carbonyl (C=O) groups excluding carboxylic acids is 1. The zero-order valence-corrected chi connectivity index (χ0v) is 12.1. The molecule has 0 radical (unpaired) electrons. The third kappa shape index (κ3) is 3.37. The number of nitrogen functional groups attached to an aromatic ring is 1. The largest absolute Gasteiger partial charge is 0.467 e. The van der Waals surface area contributed by atoms with Crippen LogP contribution < -0.4 is 11.1 Å². The molecule has 23 heavy (non-hydrogen) atoms. The summed E-state index contributed by atoms with van der Waals surface area (Å²) in [5, 5.41) is 10.3. The number of hydrogen-bond donors (Lipinski definition) is 2. The van der Waals surface area contributed by atoms with Crippen molar-refractivity contribution in [1.29, 1.82) is 0 Å². The number of aromatic nitrogens is 3. The van der Waals surface area contributed by atoms with Gasteiger partial charge in [0.25, 0.3) is 5.91 Å². The van der Waals surface area contributed by atoms with Gasteiger partial charge in [-0.3, -0.25) is 4.79 Å². The van der Waals surface area contributed by atoms with Gasteiger partial charge in [-0.15, -0.1) is 5.10 Å². The highest BCUT2D eigenvalue weighted by molar-refractivity contribution is 5.96. The Kier molecular flexibility index (Phi) is 4.05. The second-order valence-electron chi connectivity index (χ2n) is 4.87. The molecule has 2 aromatic heterocycles. The second kappa shape index (κ2) is 6.30. The molecule has 0 spiro atoms. The molecule has 3 N–H and O–H groups in total. The number of nitrogens with one attached hydrogen (secondary N) is 1.